The van der Waals surface area contributed by atoms with Crippen molar-refractivity contribution >= 4 is 5.91 Å². The van der Waals surface area contributed by atoms with Gasteiger partial charge in [-0.25, -0.2) is 0 Å². The third kappa shape index (κ3) is 24.6. The van der Waals surface area contributed by atoms with Gasteiger partial charge in [0.1, 0.15) is 0 Å². The van der Waals surface area contributed by atoms with Gasteiger partial charge >= 0.3 is 0 Å². The quantitative estimate of drug-likeness (QED) is 0.111. The van der Waals surface area contributed by atoms with E-state index in [4.69, 9.17) is 0 Å². The molecule has 34 heavy (non-hydrogen) atoms. The molecule has 0 rings (SSSR count). The molecule has 1 unspecified atom stereocenters. The van der Waals surface area contributed by atoms with Gasteiger partial charge in [0.25, 0.3) is 0 Å². The molecule has 0 aromatic carbocycles. The molecule has 1 N–H and O–H groups in total. The fourth-order valence-electron chi connectivity index (χ4n) is 5.07. The highest BCUT2D eigenvalue weighted by Crippen LogP contribution is 2.17. The summed E-state index contributed by atoms with van der Waals surface area (Å²) in [6.07, 6.45) is 35.1. The van der Waals surface area contributed by atoms with E-state index in [2.05, 4.69) is 26.1 Å². The van der Waals surface area contributed by atoms with Crippen molar-refractivity contribution in [3.05, 3.63) is 0 Å². The molecule has 0 fully saturated rings. The van der Waals surface area contributed by atoms with E-state index < -0.39 is 0 Å². The summed E-state index contributed by atoms with van der Waals surface area (Å²) in [5, 5.41) is 3.22. The van der Waals surface area contributed by atoms with Crippen LogP contribution < -0.4 is 5.32 Å². The Balaban J connectivity index is 3.41. The summed E-state index contributed by atoms with van der Waals surface area (Å²) in [4.78, 5) is 12.5. The maximum atomic E-state index is 12.5. The van der Waals surface area contributed by atoms with E-state index in [9.17, 15) is 4.79 Å². The lowest BCUT2D eigenvalue weighted by molar-refractivity contribution is -0.125. The largest absolute Gasteiger partial charge is 0.356 e. The smallest absolute Gasteiger partial charge is 0.223 e. The molecule has 0 aliphatic rings. The normalized spacial score (nSPS) is 12.2. The van der Waals surface area contributed by atoms with Crippen molar-refractivity contribution in [3.63, 3.8) is 0 Å². The van der Waals surface area contributed by atoms with Crippen molar-refractivity contribution in [2.45, 2.75) is 188 Å². The van der Waals surface area contributed by atoms with Crippen molar-refractivity contribution in [1.82, 2.24) is 5.32 Å². The van der Waals surface area contributed by atoms with E-state index in [1.54, 1.807) is 0 Å². The van der Waals surface area contributed by atoms with E-state index in [-0.39, 0.29) is 5.92 Å². The zero-order chi connectivity index (χ0) is 25.0. The van der Waals surface area contributed by atoms with Crippen LogP contribution in [0.3, 0.4) is 0 Å². The first-order valence-corrected chi connectivity index (χ1v) is 16.0. The van der Waals surface area contributed by atoms with Crippen LogP contribution >= 0.6 is 0 Å². The lowest BCUT2D eigenvalue weighted by atomic mass is 9.96. The van der Waals surface area contributed by atoms with Gasteiger partial charge in [-0.1, -0.05) is 168 Å². The van der Waals surface area contributed by atoms with Gasteiger partial charge < -0.3 is 5.32 Å². The van der Waals surface area contributed by atoms with Crippen LogP contribution in [0.5, 0.6) is 0 Å². The Morgan fingerprint density at radius 2 is 0.794 bits per heavy atom. The molecule has 0 aliphatic heterocycles. The van der Waals surface area contributed by atoms with Crippen LogP contribution in [0.15, 0.2) is 0 Å². The summed E-state index contributed by atoms with van der Waals surface area (Å²) >= 11 is 0. The van der Waals surface area contributed by atoms with Crippen molar-refractivity contribution in [2.75, 3.05) is 6.54 Å². The first-order chi connectivity index (χ1) is 16.8. The standard InChI is InChI=1S/C32H65NO/c1-4-7-9-11-13-15-17-18-19-20-22-24-26-28-30-33-32(34)31(6-3)29-27-25-23-21-16-14-12-10-8-5-2/h31H,4-30H2,1-3H3,(H,33,34). The maximum Gasteiger partial charge on any atom is 0.223 e. The second-order valence-corrected chi connectivity index (χ2v) is 11.0. The third-order valence-electron chi connectivity index (χ3n) is 7.60. The highest BCUT2D eigenvalue weighted by molar-refractivity contribution is 5.78. The minimum Gasteiger partial charge on any atom is -0.356 e. The number of nitrogens with one attached hydrogen (secondary N) is 1. The fourth-order valence-corrected chi connectivity index (χ4v) is 5.07. The number of hydrogen-bond donors (Lipinski definition) is 1. The summed E-state index contributed by atoms with van der Waals surface area (Å²) in [5.41, 5.74) is 0. The summed E-state index contributed by atoms with van der Waals surface area (Å²) in [7, 11) is 0. The Kier molecular flexibility index (Phi) is 28.3. The lowest BCUT2D eigenvalue weighted by Gasteiger charge is -2.15. The minimum atomic E-state index is 0.237. The second kappa shape index (κ2) is 28.7. The molecule has 0 spiro atoms. The molecule has 0 bridgehead atoms. The Labute approximate surface area is 216 Å². The average molecular weight is 480 g/mol. The van der Waals surface area contributed by atoms with E-state index in [1.807, 2.05) is 0 Å². The Hall–Kier alpha value is -0.530. The van der Waals surface area contributed by atoms with Crippen LogP contribution in [0.1, 0.15) is 188 Å². The van der Waals surface area contributed by atoms with E-state index in [0.29, 0.717) is 5.91 Å². The molecule has 0 heterocycles. The van der Waals surface area contributed by atoms with Crippen molar-refractivity contribution in [1.29, 1.82) is 0 Å². The summed E-state index contributed by atoms with van der Waals surface area (Å²) in [6.45, 7) is 7.63. The number of amides is 1. The number of carbonyl (C=O) groups is 1. The monoisotopic (exact) mass is 480 g/mol. The van der Waals surface area contributed by atoms with Gasteiger partial charge in [-0.05, 0) is 19.3 Å². The molecule has 0 aliphatic carbocycles. The van der Waals surface area contributed by atoms with Crippen molar-refractivity contribution in [2.24, 2.45) is 5.92 Å². The van der Waals surface area contributed by atoms with Gasteiger partial charge in [0.05, 0.1) is 0 Å². The lowest BCUT2D eigenvalue weighted by Crippen LogP contribution is -2.31. The Morgan fingerprint density at radius 1 is 0.471 bits per heavy atom. The molecule has 1 atom stereocenters. The maximum absolute atomic E-state index is 12.5. The number of unbranched alkanes of at least 4 members (excludes halogenated alkanes) is 22. The van der Waals surface area contributed by atoms with Crippen LogP contribution in [-0.2, 0) is 4.79 Å². The van der Waals surface area contributed by atoms with Crippen LogP contribution in [0, 0.1) is 5.92 Å². The summed E-state index contributed by atoms with van der Waals surface area (Å²) in [5.74, 6) is 0.550. The summed E-state index contributed by atoms with van der Waals surface area (Å²) < 4.78 is 0. The van der Waals surface area contributed by atoms with E-state index in [0.717, 1.165) is 25.8 Å². The van der Waals surface area contributed by atoms with Gasteiger partial charge in [-0.15, -0.1) is 0 Å². The SMILES string of the molecule is CCCCCCCCCCCCCCCCNC(=O)C(CC)CCCCCCCCCCCC. The third-order valence-corrected chi connectivity index (χ3v) is 7.60. The first kappa shape index (κ1) is 33.5. The zero-order valence-electron chi connectivity index (χ0n) is 24.1. The predicted molar refractivity (Wildman–Crippen MR) is 154 cm³/mol. The molecule has 0 aromatic rings. The van der Waals surface area contributed by atoms with Gasteiger partial charge in [-0.2, -0.15) is 0 Å². The van der Waals surface area contributed by atoms with Gasteiger partial charge in [0.2, 0.25) is 5.91 Å². The van der Waals surface area contributed by atoms with Crippen molar-refractivity contribution in [3.8, 4) is 0 Å². The van der Waals surface area contributed by atoms with Gasteiger partial charge in [-0.3, -0.25) is 4.79 Å². The van der Waals surface area contributed by atoms with Gasteiger partial charge in [0, 0.05) is 12.5 Å². The number of rotatable bonds is 28. The average Bonchev–Trinajstić information content (AvgIpc) is 2.85. The molecular weight excluding hydrogens is 414 g/mol. The fraction of sp³-hybridized carbons (Fsp3) is 0.969. The topological polar surface area (TPSA) is 29.1 Å². The molecule has 0 saturated heterocycles. The van der Waals surface area contributed by atoms with Crippen LogP contribution in [-0.4, -0.2) is 12.5 Å². The molecule has 1 amide bonds. The predicted octanol–water partition coefficient (Wildman–Crippen LogP) is 10.9. The molecule has 0 radical (unpaired) electrons. The zero-order valence-corrected chi connectivity index (χ0v) is 24.1. The molecule has 0 aromatic heterocycles. The van der Waals surface area contributed by atoms with Crippen LogP contribution in [0.25, 0.3) is 0 Å². The van der Waals surface area contributed by atoms with Crippen LogP contribution in [0.2, 0.25) is 0 Å². The molecule has 0 saturated carbocycles. The number of carbonyl (C=O) groups excluding carboxylic acids is 1. The summed E-state index contributed by atoms with van der Waals surface area (Å²) in [6, 6.07) is 0. The highest BCUT2D eigenvalue weighted by atomic mass is 16.1. The van der Waals surface area contributed by atoms with Crippen LogP contribution in [0.4, 0.5) is 0 Å². The minimum absolute atomic E-state index is 0.237. The van der Waals surface area contributed by atoms with E-state index >= 15 is 0 Å². The Morgan fingerprint density at radius 3 is 1.15 bits per heavy atom. The van der Waals surface area contributed by atoms with Gasteiger partial charge in [0.15, 0.2) is 0 Å². The van der Waals surface area contributed by atoms with E-state index in [1.165, 1.54) is 148 Å². The molecular formula is C32H65NO. The second-order valence-electron chi connectivity index (χ2n) is 11.0. The molecule has 204 valence electrons. The number of hydrogen-bond acceptors (Lipinski definition) is 1. The van der Waals surface area contributed by atoms with Crippen molar-refractivity contribution < 1.29 is 4.79 Å². The Bertz CT molecular complexity index is 394. The molecule has 2 nitrogen and oxygen atoms in total. The first-order valence-electron chi connectivity index (χ1n) is 16.0. The molecule has 2 heteroatoms. The highest BCUT2D eigenvalue weighted by Gasteiger charge is 2.15.